The molecule has 1 fully saturated rings. The summed E-state index contributed by atoms with van der Waals surface area (Å²) in [5, 5.41) is 9.32. The molecule has 2 rings (SSSR count). The van der Waals surface area contributed by atoms with Crippen LogP contribution in [-0.4, -0.2) is 33.9 Å². The van der Waals surface area contributed by atoms with E-state index >= 15 is 0 Å². The third kappa shape index (κ3) is 2.64. The molecular formula is C11H14BrNO2S. The molecule has 1 aromatic carbocycles. The Morgan fingerprint density at radius 3 is 2.69 bits per heavy atom. The summed E-state index contributed by atoms with van der Waals surface area (Å²) in [5.41, 5.74) is 1.98. The first-order valence-corrected chi connectivity index (χ1v) is 7.48. The van der Waals surface area contributed by atoms with Crippen molar-refractivity contribution >= 4 is 32.4 Å². The van der Waals surface area contributed by atoms with Crippen LogP contribution in [0.2, 0.25) is 0 Å². The van der Waals surface area contributed by atoms with Crippen LogP contribution in [0.3, 0.4) is 0 Å². The van der Waals surface area contributed by atoms with Gasteiger partial charge in [-0.1, -0.05) is 15.9 Å². The van der Waals surface area contributed by atoms with Crippen molar-refractivity contribution in [1.82, 2.24) is 0 Å². The third-order valence-corrected chi connectivity index (χ3v) is 4.50. The number of anilines is 1. The topological polar surface area (TPSA) is 40.5 Å². The standard InChI is InChI=1S/C11H14BrNO2S/c12-10-1-2-11(9(7-10)8-14)13-3-5-16(15)6-4-13/h1-2,7,14H,3-6,8H2. The summed E-state index contributed by atoms with van der Waals surface area (Å²) in [6.45, 7) is 1.65. The Morgan fingerprint density at radius 1 is 1.38 bits per heavy atom. The molecule has 1 aliphatic heterocycles. The van der Waals surface area contributed by atoms with Gasteiger partial charge in [0, 0.05) is 51.1 Å². The van der Waals surface area contributed by atoms with E-state index in [4.69, 9.17) is 0 Å². The number of hydrogen-bond donors (Lipinski definition) is 1. The number of rotatable bonds is 2. The number of hydrogen-bond acceptors (Lipinski definition) is 3. The van der Waals surface area contributed by atoms with Gasteiger partial charge in [-0.05, 0) is 18.2 Å². The fourth-order valence-electron chi connectivity index (χ4n) is 1.87. The van der Waals surface area contributed by atoms with Gasteiger partial charge >= 0.3 is 0 Å². The normalized spacial score (nSPS) is 17.8. The molecule has 88 valence electrons. The van der Waals surface area contributed by atoms with E-state index in [0.717, 1.165) is 40.3 Å². The van der Waals surface area contributed by atoms with Gasteiger partial charge in [-0.3, -0.25) is 4.21 Å². The molecule has 0 aromatic heterocycles. The molecule has 1 aromatic rings. The van der Waals surface area contributed by atoms with Crippen LogP contribution in [0, 0.1) is 0 Å². The molecule has 3 nitrogen and oxygen atoms in total. The number of benzene rings is 1. The molecule has 1 heterocycles. The number of nitrogens with zero attached hydrogens (tertiary/aromatic N) is 1. The molecule has 1 saturated heterocycles. The van der Waals surface area contributed by atoms with Crippen LogP contribution >= 0.6 is 15.9 Å². The van der Waals surface area contributed by atoms with Crippen molar-refractivity contribution in [3.63, 3.8) is 0 Å². The minimum absolute atomic E-state index is 0.0361. The maximum Gasteiger partial charge on any atom is 0.0702 e. The molecule has 0 saturated carbocycles. The Balaban J connectivity index is 2.22. The van der Waals surface area contributed by atoms with Crippen LogP contribution in [0.4, 0.5) is 5.69 Å². The fourth-order valence-corrected chi connectivity index (χ4v) is 3.33. The van der Waals surface area contributed by atoms with Crippen molar-refractivity contribution in [2.45, 2.75) is 6.61 Å². The Labute approximate surface area is 106 Å². The average Bonchev–Trinajstić information content (AvgIpc) is 2.30. The van der Waals surface area contributed by atoms with E-state index < -0.39 is 10.8 Å². The van der Waals surface area contributed by atoms with E-state index in [1.165, 1.54) is 0 Å². The lowest BCUT2D eigenvalue weighted by atomic mass is 10.1. The van der Waals surface area contributed by atoms with Crippen LogP contribution in [0.1, 0.15) is 5.56 Å². The highest BCUT2D eigenvalue weighted by Crippen LogP contribution is 2.25. The highest BCUT2D eigenvalue weighted by Gasteiger charge is 2.17. The van der Waals surface area contributed by atoms with Gasteiger partial charge in [0.05, 0.1) is 6.61 Å². The zero-order valence-electron chi connectivity index (χ0n) is 8.86. The summed E-state index contributed by atoms with van der Waals surface area (Å²) in [7, 11) is -0.661. The van der Waals surface area contributed by atoms with Crippen molar-refractivity contribution in [2.75, 3.05) is 29.5 Å². The Bertz CT molecular complexity index is 401. The van der Waals surface area contributed by atoms with E-state index in [2.05, 4.69) is 20.8 Å². The van der Waals surface area contributed by atoms with Gasteiger partial charge in [0.15, 0.2) is 0 Å². The second-order valence-corrected chi connectivity index (χ2v) is 6.38. The predicted octanol–water partition coefficient (Wildman–Crippen LogP) is 1.51. The average molecular weight is 304 g/mol. The van der Waals surface area contributed by atoms with E-state index in [0.29, 0.717) is 0 Å². The van der Waals surface area contributed by atoms with Crippen molar-refractivity contribution < 1.29 is 9.32 Å². The first-order chi connectivity index (χ1) is 7.70. The fraction of sp³-hybridized carbons (Fsp3) is 0.455. The minimum atomic E-state index is -0.661. The molecule has 0 radical (unpaired) electrons. The van der Waals surface area contributed by atoms with Crippen molar-refractivity contribution in [2.24, 2.45) is 0 Å². The van der Waals surface area contributed by atoms with Gasteiger partial charge < -0.3 is 10.0 Å². The van der Waals surface area contributed by atoms with E-state index in [1.54, 1.807) is 0 Å². The highest BCUT2D eigenvalue weighted by molar-refractivity contribution is 9.10. The zero-order chi connectivity index (χ0) is 11.5. The first kappa shape index (κ1) is 12.1. The minimum Gasteiger partial charge on any atom is -0.392 e. The Morgan fingerprint density at radius 2 is 2.06 bits per heavy atom. The molecule has 0 aliphatic carbocycles. The van der Waals surface area contributed by atoms with Gasteiger partial charge in [-0.25, -0.2) is 0 Å². The van der Waals surface area contributed by atoms with Crippen LogP contribution in [0.5, 0.6) is 0 Å². The summed E-state index contributed by atoms with van der Waals surface area (Å²) >= 11 is 3.39. The summed E-state index contributed by atoms with van der Waals surface area (Å²) in [6, 6.07) is 5.91. The molecule has 0 spiro atoms. The molecule has 0 bridgehead atoms. The van der Waals surface area contributed by atoms with Crippen LogP contribution < -0.4 is 4.90 Å². The molecule has 0 atom stereocenters. The van der Waals surface area contributed by atoms with Gasteiger partial charge in [0.2, 0.25) is 0 Å². The molecule has 0 amide bonds. The third-order valence-electron chi connectivity index (χ3n) is 2.73. The highest BCUT2D eigenvalue weighted by atomic mass is 79.9. The van der Waals surface area contributed by atoms with Crippen LogP contribution in [0.15, 0.2) is 22.7 Å². The summed E-state index contributed by atoms with van der Waals surface area (Å²) in [4.78, 5) is 2.19. The van der Waals surface area contributed by atoms with E-state index in [1.807, 2.05) is 18.2 Å². The summed E-state index contributed by atoms with van der Waals surface area (Å²) in [6.07, 6.45) is 0. The lowest BCUT2D eigenvalue weighted by Gasteiger charge is -2.30. The second-order valence-electron chi connectivity index (χ2n) is 3.77. The zero-order valence-corrected chi connectivity index (χ0v) is 11.3. The quantitative estimate of drug-likeness (QED) is 0.900. The first-order valence-electron chi connectivity index (χ1n) is 5.20. The number of halogens is 1. The molecule has 1 aliphatic rings. The maximum absolute atomic E-state index is 11.3. The molecule has 5 heteroatoms. The Kier molecular flexibility index (Phi) is 4.00. The maximum atomic E-state index is 11.3. The summed E-state index contributed by atoms with van der Waals surface area (Å²) < 4.78 is 12.2. The van der Waals surface area contributed by atoms with Crippen molar-refractivity contribution in [1.29, 1.82) is 0 Å². The smallest absolute Gasteiger partial charge is 0.0702 e. The van der Waals surface area contributed by atoms with E-state index in [-0.39, 0.29) is 6.61 Å². The Hall–Kier alpha value is -0.390. The van der Waals surface area contributed by atoms with Gasteiger partial charge in [0.25, 0.3) is 0 Å². The van der Waals surface area contributed by atoms with Crippen molar-refractivity contribution in [3.8, 4) is 0 Å². The molecule has 0 unspecified atom stereocenters. The summed E-state index contributed by atoms with van der Waals surface area (Å²) in [5.74, 6) is 1.45. The monoisotopic (exact) mass is 303 g/mol. The lowest BCUT2D eigenvalue weighted by molar-refractivity contribution is 0.282. The van der Waals surface area contributed by atoms with Crippen LogP contribution in [0.25, 0.3) is 0 Å². The number of aliphatic hydroxyl groups is 1. The SMILES string of the molecule is O=S1CCN(c2ccc(Br)cc2CO)CC1. The number of aliphatic hydroxyl groups excluding tert-OH is 1. The molecule has 1 N–H and O–H groups in total. The predicted molar refractivity (Wildman–Crippen MR) is 70.2 cm³/mol. The van der Waals surface area contributed by atoms with Gasteiger partial charge in [0.1, 0.15) is 0 Å². The van der Waals surface area contributed by atoms with Crippen molar-refractivity contribution in [3.05, 3.63) is 28.2 Å². The van der Waals surface area contributed by atoms with Gasteiger partial charge in [-0.15, -0.1) is 0 Å². The van der Waals surface area contributed by atoms with Crippen LogP contribution in [-0.2, 0) is 17.4 Å². The largest absolute Gasteiger partial charge is 0.392 e. The van der Waals surface area contributed by atoms with Gasteiger partial charge in [-0.2, -0.15) is 0 Å². The van der Waals surface area contributed by atoms with E-state index in [9.17, 15) is 9.32 Å². The molecule has 16 heavy (non-hydrogen) atoms. The lowest BCUT2D eigenvalue weighted by Crippen LogP contribution is -2.38. The second kappa shape index (κ2) is 5.29. The molecular weight excluding hydrogens is 290 g/mol.